The normalized spacial score (nSPS) is 15.6. The molecule has 5 nitrogen and oxygen atoms in total. The Morgan fingerprint density at radius 1 is 1.33 bits per heavy atom. The highest BCUT2D eigenvalue weighted by Gasteiger charge is 2.18. The fourth-order valence-corrected chi connectivity index (χ4v) is 1.75. The van der Waals surface area contributed by atoms with Gasteiger partial charge in [-0.1, -0.05) is 12.1 Å². The highest BCUT2D eigenvalue weighted by Crippen LogP contribution is 2.25. The molecule has 1 heterocycles. The van der Waals surface area contributed by atoms with Gasteiger partial charge in [0.1, 0.15) is 5.78 Å². The van der Waals surface area contributed by atoms with Crippen LogP contribution in [0.3, 0.4) is 0 Å². The van der Waals surface area contributed by atoms with E-state index in [-0.39, 0.29) is 24.4 Å². The van der Waals surface area contributed by atoms with E-state index < -0.39 is 0 Å². The number of benzene rings is 1. The number of carbonyl (C=O) groups is 2. The summed E-state index contributed by atoms with van der Waals surface area (Å²) >= 11 is 0. The van der Waals surface area contributed by atoms with Gasteiger partial charge >= 0.3 is 0 Å². The van der Waals surface area contributed by atoms with Crippen LogP contribution in [0.1, 0.15) is 25.2 Å². The predicted octanol–water partition coefficient (Wildman–Crippen LogP) is 1.65. The van der Waals surface area contributed by atoms with Gasteiger partial charge in [0.25, 0.3) is 0 Å². The summed E-state index contributed by atoms with van der Waals surface area (Å²) in [6.07, 6.45) is -0.477. The van der Waals surface area contributed by atoms with E-state index in [0.29, 0.717) is 18.9 Å². The van der Waals surface area contributed by atoms with Gasteiger partial charge in [0, 0.05) is 11.3 Å². The number of Topliss-reactive ketones (excluding diaryl/α,β-unsaturated/α-hetero) is 1. The average Bonchev–Trinajstić information content (AvgIpc) is 2.81. The summed E-state index contributed by atoms with van der Waals surface area (Å²) < 4.78 is 10.7. The number of hydrogen-bond donors (Lipinski definition) is 1. The van der Waals surface area contributed by atoms with Gasteiger partial charge in [-0.05, 0) is 19.1 Å². The Morgan fingerprint density at radius 3 is 2.72 bits per heavy atom. The van der Waals surface area contributed by atoms with Crippen molar-refractivity contribution in [3.8, 4) is 0 Å². The first kappa shape index (κ1) is 12.7. The molecule has 0 saturated carbocycles. The first-order valence-electron chi connectivity index (χ1n) is 5.77. The number of ketones is 1. The van der Waals surface area contributed by atoms with E-state index in [1.165, 1.54) is 6.92 Å². The molecule has 0 radical (unpaired) electrons. The third-order valence-corrected chi connectivity index (χ3v) is 2.47. The zero-order valence-electron chi connectivity index (χ0n) is 10.1. The van der Waals surface area contributed by atoms with Crippen molar-refractivity contribution in [2.24, 2.45) is 0 Å². The van der Waals surface area contributed by atoms with E-state index in [0.717, 1.165) is 5.56 Å². The lowest BCUT2D eigenvalue weighted by molar-refractivity contribution is -0.124. The molecule has 5 heteroatoms. The van der Waals surface area contributed by atoms with Crippen molar-refractivity contribution in [1.29, 1.82) is 0 Å². The summed E-state index contributed by atoms with van der Waals surface area (Å²) in [4.78, 5) is 22.3. The topological polar surface area (TPSA) is 64.6 Å². The predicted molar refractivity (Wildman–Crippen MR) is 65.0 cm³/mol. The molecule has 1 saturated heterocycles. The number of carbonyl (C=O) groups excluding carboxylic acids is 2. The average molecular weight is 249 g/mol. The van der Waals surface area contributed by atoms with Crippen LogP contribution >= 0.6 is 0 Å². The van der Waals surface area contributed by atoms with Gasteiger partial charge < -0.3 is 14.8 Å². The maximum Gasteiger partial charge on any atom is 0.231 e. The van der Waals surface area contributed by atoms with Crippen molar-refractivity contribution >= 4 is 17.4 Å². The maximum atomic E-state index is 11.5. The van der Waals surface area contributed by atoms with Gasteiger partial charge in [0.2, 0.25) is 5.91 Å². The molecule has 0 aliphatic carbocycles. The number of amides is 1. The third kappa shape index (κ3) is 3.38. The molecule has 0 bridgehead atoms. The van der Waals surface area contributed by atoms with Gasteiger partial charge in [-0.25, -0.2) is 0 Å². The maximum absolute atomic E-state index is 11.5. The van der Waals surface area contributed by atoms with Crippen molar-refractivity contribution in [3.63, 3.8) is 0 Å². The summed E-state index contributed by atoms with van der Waals surface area (Å²) in [5.41, 5.74) is 1.49. The zero-order chi connectivity index (χ0) is 13.0. The van der Waals surface area contributed by atoms with Gasteiger partial charge in [-0.15, -0.1) is 0 Å². The Hall–Kier alpha value is -1.72. The first-order chi connectivity index (χ1) is 8.65. The number of hydrogen-bond acceptors (Lipinski definition) is 4. The lowest BCUT2D eigenvalue weighted by Crippen LogP contribution is -2.15. The lowest BCUT2D eigenvalue weighted by atomic mass is 10.2. The quantitative estimate of drug-likeness (QED) is 0.824. The van der Waals surface area contributed by atoms with Crippen molar-refractivity contribution in [1.82, 2.24) is 0 Å². The third-order valence-electron chi connectivity index (χ3n) is 2.47. The molecule has 1 N–H and O–H groups in total. The monoisotopic (exact) mass is 249 g/mol. The Morgan fingerprint density at radius 2 is 2.06 bits per heavy atom. The molecule has 1 aliphatic heterocycles. The Balaban J connectivity index is 2.02. The van der Waals surface area contributed by atoms with Crippen LogP contribution in [0.15, 0.2) is 24.3 Å². The number of ether oxygens (including phenoxy) is 2. The summed E-state index contributed by atoms with van der Waals surface area (Å²) in [5.74, 6) is -0.473. The van der Waals surface area contributed by atoms with Crippen LogP contribution in [-0.2, 0) is 19.1 Å². The van der Waals surface area contributed by atoms with Crippen LogP contribution in [0.4, 0.5) is 5.69 Å². The molecule has 1 aromatic carbocycles. The van der Waals surface area contributed by atoms with E-state index in [4.69, 9.17) is 9.47 Å². The SMILES string of the molecule is CC(=O)CC(=O)Nc1cccc(C2OCCO2)c1. The Labute approximate surface area is 105 Å². The zero-order valence-corrected chi connectivity index (χ0v) is 10.1. The molecular formula is C13H15NO4. The second kappa shape index (κ2) is 5.75. The van der Waals surface area contributed by atoms with E-state index in [2.05, 4.69) is 5.32 Å². The Bertz CT molecular complexity index is 452. The van der Waals surface area contributed by atoms with E-state index >= 15 is 0 Å². The van der Waals surface area contributed by atoms with E-state index in [9.17, 15) is 9.59 Å². The minimum absolute atomic E-state index is 0.110. The first-order valence-corrected chi connectivity index (χ1v) is 5.77. The van der Waals surface area contributed by atoms with Gasteiger partial charge in [0.05, 0.1) is 19.6 Å². The second-order valence-corrected chi connectivity index (χ2v) is 4.13. The van der Waals surface area contributed by atoms with Crippen molar-refractivity contribution in [2.45, 2.75) is 19.6 Å². The molecule has 1 aromatic rings. The van der Waals surface area contributed by atoms with Crippen LogP contribution in [-0.4, -0.2) is 24.9 Å². The van der Waals surface area contributed by atoms with E-state index in [1.807, 2.05) is 12.1 Å². The smallest absolute Gasteiger partial charge is 0.231 e. The molecule has 2 rings (SSSR count). The highest BCUT2D eigenvalue weighted by molar-refractivity contribution is 6.03. The molecule has 0 aromatic heterocycles. The summed E-state index contributed by atoms with van der Waals surface area (Å²) in [6, 6.07) is 7.23. The molecule has 1 aliphatic rings. The van der Waals surface area contributed by atoms with Crippen molar-refractivity contribution in [2.75, 3.05) is 18.5 Å². The van der Waals surface area contributed by atoms with Crippen molar-refractivity contribution < 1.29 is 19.1 Å². The van der Waals surface area contributed by atoms with Gasteiger partial charge in [0.15, 0.2) is 6.29 Å². The van der Waals surface area contributed by atoms with E-state index in [1.54, 1.807) is 12.1 Å². The van der Waals surface area contributed by atoms with Crippen LogP contribution in [0.25, 0.3) is 0 Å². The molecule has 0 spiro atoms. The summed E-state index contributed by atoms with van der Waals surface area (Å²) in [7, 11) is 0. The molecule has 0 atom stereocenters. The molecule has 0 unspecified atom stereocenters. The van der Waals surface area contributed by atoms with Crippen LogP contribution < -0.4 is 5.32 Å². The lowest BCUT2D eigenvalue weighted by Gasteiger charge is -2.11. The minimum atomic E-state index is -0.366. The number of anilines is 1. The second-order valence-electron chi connectivity index (χ2n) is 4.13. The largest absolute Gasteiger partial charge is 0.346 e. The number of rotatable bonds is 4. The highest BCUT2D eigenvalue weighted by atomic mass is 16.7. The Kier molecular flexibility index (Phi) is 4.07. The van der Waals surface area contributed by atoms with Crippen molar-refractivity contribution in [3.05, 3.63) is 29.8 Å². The molecule has 1 fully saturated rings. The standard InChI is InChI=1S/C13H15NO4/c1-9(15)7-12(16)14-11-4-2-3-10(8-11)13-17-5-6-18-13/h2-4,8,13H,5-7H2,1H3,(H,14,16). The van der Waals surface area contributed by atoms with Crippen LogP contribution in [0.5, 0.6) is 0 Å². The molecular weight excluding hydrogens is 234 g/mol. The minimum Gasteiger partial charge on any atom is -0.346 e. The van der Waals surface area contributed by atoms with Crippen LogP contribution in [0.2, 0.25) is 0 Å². The van der Waals surface area contributed by atoms with Gasteiger partial charge in [-0.2, -0.15) is 0 Å². The fourth-order valence-electron chi connectivity index (χ4n) is 1.75. The van der Waals surface area contributed by atoms with Crippen LogP contribution in [0, 0.1) is 0 Å². The molecule has 96 valence electrons. The fraction of sp³-hybridized carbons (Fsp3) is 0.385. The summed E-state index contributed by atoms with van der Waals surface area (Å²) in [5, 5.41) is 2.67. The summed E-state index contributed by atoms with van der Waals surface area (Å²) in [6.45, 7) is 2.54. The van der Waals surface area contributed by atoms with Gasteiger partial charge in [-0.3, -0.25) is 9.59 Å². The number of nitrogens with one attached hydrogen (secondary N) is 1. The molecule has 1 amide bonds. The molecule has 18 heavy (non-hydrogen) atoms.